The monoisotopic (exact) mass is 497 g/mol. The number of hydrazone groups is 1. The number of carbonyl (C=O) groups excluding carboxylic acids is 1. The zero-order chi connectivity index (χ0) is 23.0. The predicted octanol–water partition coefficient (Wildman–Crippen LogP) is 5.75. The summed E-state index contributed by atoms with van der Waals surface area (Å²) in [6, 6.07) is 28.9. The van der Waals surface area contributed by atoms with Crippen LogP contribution in [0.3, 0.4) is 0 Å². The molecule has 0 aliphatic heterocycles. The molecule has 0 bridgehead atoms. The van der Waals surface area contributed by atoms with Gasteiger partial charge < -0.3 is 4.74 Å². The molecule has 0 fully saturated rings. The van der Waals surface area contributed by atoms with Gasteiger partial charge >= 0.3 is 0 Å². The van der Waals surface area contributed by atoms with Gasteiger partial charge in [-0.15, -0.1) is 0 Å². The molecule has 162 valence electrons. The maximum Gasteiger partial charge on any atom is 0.244 e. The highest BCUT2D eigenvalue weighted by atomic mass is 79.9. The van der Waals surface area contributed by atoms with E-state index in [1.807, 2.05) is 78.9 Å². The maximum atomic E-state index is 12.3. The zero-order valence-electron chi connectivity index (χ0n) is 17.7. The molecule has 33 heavy (non-hydrogen) atoms. The summed E-state index contributed by atoms with van der Waals surface area (Å²) in [6.07, 6.45) is 1.84. The summed E-state index contributed by atoms with van der Waals surface area (Å²) in [7, 11) is 0. The van der Waals surface area contributed by atoms with Crippen molar-refractivity contribution in [3.05, 3.63) is 112 Å². The van der Waals surface area contributed by atoms with E-state index in [2.05, 4.69) is 32.5 Å². The molecular formula is C27H20BrN3O2. The number of ether oxygens (including phenoxy) is 1. The number of nitrogens with zero attached hydrogens (tertiary/aromatic N) is 2. The Hall–Kier alpha value is -3.95. The van der Waals surface area contributed by atoms with Crippen LogP contribution >= 0.6 is 15.9 Å². The molecule has 1 N–H and O–H groups in total. The molecule has 4 rings (SSSR count). The van der Waals surface area contributed by atoms with E-state index in [0.717, 1.165) is 31.9 Å². The van der Waals surface area contributed by atoms with Gasteiger partial charge in [0.25, 0.3) is 0 Å². The molecule has 5 nitrogen and oxygen atoms in total. The molecule has 4 aromatic carbocycles. The minimum Gasteiger partial charge on any atom is -0.488 e. The molecule has 0 saturated heterocycles. The van der Waals surface area contributed by atoms with Crippen LogP contribution in [0, 0.1) is 11.3 Å². The van der Waals surface area contributed by atoms with E-state index in [9.17, 15) is 10.1 Å². The van der Waals surface area contributed by atoms with Crippen LogP contribution in [0.4, 0.5) is 0 Å². The number of benzene rings is 4. The van der Waals surface area contributed by atoms with Crippen molar-refractivity contribution in [2.75, 3.05) is 0 Å². The van der Waals surface area contributed by atoms with Crippen molar-refractivity contribution in [1.29, 1.82) is 5.26 Å². The third-order valence-electron chi connectivity index (χ3n) is 5.11. The number of hydrogen-bond donors (Lipinski definition) is 1. The Balaban J connectivity index is 1.54. The van der Waals surface area contributed by atoms with Gasteiger partial charge in [-0.25, -0.2) is 5.43 Å². The molecule has 0 atom stereocenters. The summed E-state index contributed by atoms with van der Waals surface area (Å²) in [6.45, 7) is 0.249. The molecule has 0 aliphatic carbocycles. The molecule has 0 aliphatic rings. The van der Waals surface area contributed by atoms with Gasteiger partial charge in [-0.1, -0.05) is 76.6 Å². The summed E-state index contributed by atoms with van der Waals surface area (Å²) in [5.74, 6) is 0.409. The van der Waals surface area contributed by atoms with Gasteiger partial charge in [-0.2, -0.15) is 10.4 Å². The van der Waals surface area contributed by atoms with E-state index in [-0.39, 0.29) is 18.9 Å². The normalized spacial score (nSPS) is 10.8. The Kier molecular flexibility index (Phi) is 7.13. The summed E-state index contributed by atoms with van der Waals surface area (Å²) in [5.41, 5.74) is 5.64. The van der Waals surface area contributed by atoms with Crippen molar-refractivity contribution in [2.24, 2.45) is 5.10 Å². The van der Waals surface area contributed by atoms with E-state index in [0.29, 0.717) is 11.3 Å². The minimum atomic E-state index is -0.209. The van der Waals surface area contributed by atoms with Crippen LogP contribution in [0.5, 0.6) is 5.75 Å². The molecule has 1 amide bonds. The van der Waals surface area contributed by atoms with Crippen molar-refractivity contribution < 1.29 is 9.53 Å². The van der Waals surface area contributed by atoms with Gasteiger partial charge in [-0.3, -0.25) is 4.79 Å². The average molecular weight is 498 g/mol. The first-order chi connectivity index (χ1) is 16.1. The molecule has 0 aromatic heterocycles. The predicted molar refractivity (Wildman–Crippen MR) is 133 cm³/mol. The fraction of sp³-hybridized carbons (Fsp3) is 0.0741. The fourth-order valence-electron chi connectivity index (χ4n) is 3.44. The number of nitriles is 1. The maximum absolute atomic E-state index is 12.3. The van der Waals surface area contributed by atoms with E-state index < -0.39 is 0 Å². The number of rotatable bonds is 7. The fourth-order valence-corrected chi connectivity index (χ4v) is 3.71. The third kappa shape index (κ3) is 5.65. The first-order valence-electron chi connectivity index (χ1n) is 10.3. The number of carbonyl (C=O) groups is 1. The van der Waals surface area contributed by atoms with E-state index in [4.69, 9.17) is 4.74 Å². The Morgan fingerprint density at radius 2 is 1.76 bits per heavy atom. The lowest BCUT2D eigenvalue weighted by Crippen LogP contribution is -2.19. The first kappa shape index (κ1) is 22.3. The van der Waals surface area contributed by atoms with Crippen LogP contribution < -0.4 is 10.2 Å². The highest BCUT2D eigenvalue weighted by molar-refractivity contribution is 9.10. The summed E-state index contributed by atoms with van der Waals surface area (Å²) in [4.78, 5) is 12.3. The van der Waals surface area contributed by atoms with Crippen molar-refractivity contribution >= 4 is 38.8 Å². The Labute approximate surface area is 200 Å². The minimum absolute atomic E-state index is 0.209. The van der Waals surface area contributed by atoms with Crippen LogP contribution in [-0.4, -0.2) is 12.1 Å². The molecule has 0 saturated carbocycles. The van der Waals surface area contributed by atoms with E-state index >= 15 is 0 Å². The number of hydrogen-bond acceptors (Lipinski definition) is 4. The Bertz CT molecular complexity index is 1360. The number of halogens is 1. The lowest BCUT2D eigenvalue weighted by Gasteiger charge is -2.12. The van der Waals surface area contributed by atoms with Crippen LogP contribution in [0.25, 0.3) is 10.8 Å². The summed E-state index contributed by atoms with van der Waals surface area (Å²) < 4.78 is 7.04. The van der Waals surface area contributed by atoms with Crippen molar-refractivity contribution in [3.63, 3.8) is 0 Å². The average Bonchev–Trinajstić information content (AvgIpc) is 2.85. The van der Waals surface area contributed by atoms with Crippen LogP contribution in [0.15, 0.2) is 94.5 Å². The molecule has 0 heterocycles. The van der Waals surface area contributed by atoms with Gasteiger partial charge in [-0.05, 0) is 40.6 Å². The van der Waals surface area contributed by atoms with Crippen LogP contribution in [0.1, 0.15) is 22.3 Å². The summed E-state index contributed by atoms with van der Waals surface area (Å²) in [5, 5.41) is 15.5. The highest BCUT2D eigenvalue weighted by Crippen LogP contribution is 2.27. The highest BCUT2D eigenvalue weighted by Gasteiger charge is 2.10. The second-order valence-electron chi connectivity index (χ2n) is 7.35. The molecule has 4 aromatic rings. The van der Waals surface area contributed by atoms with Gasteiger partial charge in [0.2, 0.25) is 5.91 Å². The third-order valence-corrected chi connectivity index (χ3v) is 5.64. The van der Waals surface area contributed by atoms with Crippen molar-refractivity contribution in [1.82, 2.24) is 5.43 Å². The first-order valence-corrected chi connectivity index (χ1v) is 11.1. The van der Waals surface area contributed by atoms with Gasteiger partial charge in [0.05, 0.1) is 24.3 Å². The zero-order valence-corrected chi connectivity index (χ0v) is 19.2. The van der Waals surface area contributed by atoms with Gasteiger partial charge in [0, 0.05) is 15.6 Å². The lowest BCUT2D eigenvalue weighted by molar-refractivity contribution is -0.120. The number of nitrogens with one attached hydrogen (secondary N) is 1. The van der Waals surface area contributed by atoms with Crippen LogP contribution in [-0.2, 0) is 17.8 Å². The van der Waals surface area contributed by atoms with E-state index in [1.54, 1.807) is 12.3 Å². The lowest BCUT2D eigenvalue weighted by atomic mass is 10.0. The largest absolute Gasteiger partial charge is 0.488 e. The summed E-state index contributed by atoms with van der Waals surface area (Å²) >= 11 is 3.39. The number of amides is 1. The quantitative estimate of drug-likeness (QED) is 0.261. The molecular weight excluding hydrogens is 478 g/mol. The molecule has 0 spiro atoms. The standard InChI is InChI=1S/C27H20BrN3O2/c28-23-12-9-19(10-13-23)15-27(32)31-30-17-25-24-8-4-3-5-20(24)11-14-26(25)33-18-22-7-2-1-6-21(22)16-29/h1-14,17H,15,18H2,(H,31,32)/b30-17-. The Morgan fingerprint density at radius 1 is 1.00 bits per heavy atom. The van der Waals surface area contributed by atoms with Crippen molar-refractivity contribution in [2.45, 2.75) is 13.0 Å². The topological polar surface area (TPSA) is 74.5 Å². The molecule has 0 unspecified atom stereocenters. The van der Waals surface area contributed by atoms with E-state index in [1.165, 1.54) is 0 Å². The Morgan fingerprint density at radius 3 is 2.58 bits per heavy atom. The number of fused-ring (bicyclic) bond motifs is 1. The second kappa shape index (κ2) is 10.6. The SMILES string of the molecule is N#Cc1ccccc1COc1ccc2ccccc2c1/C=N\NC(=O)Cc1ccc(Br)cc1. The van der Waals surface area contributed by atoms with Crippen LogP contribution in [0.2, 0.25) is 0 Å². The van der Waals surface area contributed by atoms with Crippen molar-refractivity contribution in [3.8, 4) is 11.8 Å². The van der Waals surface area contributed by atoms with Gasteiger partial charge in [0.15, 0.2) is 0 Å². The second-order valence-corrected chi connectivity index (χ2v) is 8.27. The molecule has 0 radical (unpaired) electrons. The smallest absolute Gasteiger partial charge is 0.244 e. The van der Waals surface area contributed by atoms with Gasteiger partial charge in [0.1, 0.15) is 12.4 Å². The molecule has 6 heteroatoms.